The molecular weight excluding hydrogens is 438 g/mol. The maximum Gasteiger partial charge on any atom is 0.295 e. The van der Waals surface area contributed by atoms with E-state index < -0.39 is 15.9 Å². The lowest BCUT2D eigenvalue weighted by Gasteiger charge is -2.08. The van der Waals surface area contributed by atoms with Crippen molar-refractivity contribution in [3.8, 4) is 17.1 Å². The maximum atomic E-state index is 12.9. The van der Waals surface area contributed by atoms with Crippen molar-refractivity contribution in [2.24, 2.45) is 0 Å². The van der Waals surface area contributed by atoms with Gasteiger partial charge in [0.05, 0.1) is 11.4 Å². The maximum absolute atomic E-state index is 12.9. The summed E-state index contributed by atoms with van der Waals surface area (Å²) in [5.41, 5.74) is 2.54. The molecule has 1 aromatic heterocycles. The molecule has 0 fully saturated rings. The van der Waals surface area contributed by atoms with Crippen molar-refractivity contribution in [1.29, 1.82) is 0 Å². The number of nitrogens with one attached hydrogen (secondary N) is 2. The highest BCUT2D eigenvalue weighted by Crippen LogP contribution is 2.22. The Bertz CT molecular complexity index is 1280. The number of rotatable bonds is 8. The largest absolute Gasteiger partial charge is 0.319 e. The van der Waals surface area contributed by atoms with E-state index in [0.717, 1.165) is 11.3 Å². The Kier molecular flexibility index (Phi) is 6.50. The zero-order valence-corrected chi connectivity index (χ0v) is 18.8. The highest BCUT2D eigenvalue weighted by Gasteiger charge is 2.19. The van der Waals surface area contributed by atoms with E-state index in [1.54, 1.807) is 35.9 Å². The first-order valence-corrected chi connectivity index (χ1v) is 12.1. The molecule has 0 radical (unpaired) electrons. The summed E-state index contributed by atoms with van der Waals surface area (Å²) < 4.78 is 28.0. The Labute approximate surface area is 192 Å². The lowest BCUT2D eigenvalue weighted by Crippen LogP contribution is -2.16. The third-order valence-electron chi connectivity index (χ3n) is 4.73. The standard InChI is InChI=1S/C24H23N5O3S/c1-2-17-33(31,32)28-20-15-13-19(14-16-20)25-24(30)22-26-23(18-9-5-3-6-10-18)29(27-22)21-11-7-4-8-12-21/h3-16,28H,2,17H2,1H3,(H,25,30). The van der Waals surface area contributed by atoms with Gasteiger partial charge in [-0.1, -0.05) is 55.5 Å². The summed E-state index contributed by atoms with van der Waals surface area (Å²) in [6.45, 7) is 1.80. The molecule has 0 aliphatic carbocycles. The highest BCUT2D eigenvalue weighted by atomic mass is 32.2. The van der Waals surface area contributed by atoms with Crippen LogP contribution in [0.2, 0.25) is 0 Å². The van der Waals surface area contributed by atoms with E-state index in [2.05, 4.69) is 20.1 Å². The van der Waals surface area contributed by atoms with Crippen molar-refractivity contribution < 1.29 is 13.2 Å². The fourth-order valence-corrected chi connectivity index (χ4v) is 4.37. The quantitative estimate of drug-likeness (QED) is 0.406. The van der Waals surface area contributed by atoms with Crippen LogP contribution in [0.3, 0.4) is 0 Å². The summed E-state index contributed by atoms with van der Waals surface area (Å²) in [6.07, 6.45) is 0.525. The van der Waals surface area contributed by atoms with Crippen molar-refractivity contribution in [3.05, 3.63) is 90.8 Å². The van der Waals surface area contributed by atoms with Gasteiger partial charge < -0.3 is 5.32 Å². The van der Waals surface area contributed by atoms with Gasteiger partial charge in [0.2, 0.25) is 15.8 Å². The van der Waals surface area contributed by atoms with Crippen molar-refractivity contribution in [2.45, 2.75) is 13.3 Å². The van der Waals surface area contributed by atoms with Crippen LogP contribution in [-0.4, -0.2) is 34.8 Å². The molecule has 0 saturated carbocycles. The average molecular weight is 462 g/mol. The number of carbonyl (C=O) groups excluding carboxylic acids is 1. The van der Waals surface area contributed by atoms with Gasteiger partial charge in [-0.25, -0.2) is 18.1 Å². The van der Waals surface area contributed by atoms with Crippen LogP contribution in [0, 0.1) is 0 Å². The molecule has 4 rings (SSSR count). The molecule has 0 unspecified atom stereocenters. The topological polar surface area (TPSA) is 106 Å². The first kappa shape index (κ1) is 22.2. The molecule has 0 atom stereocenters. The van der Waals surface area contributed by atoms with Crippen LogP contribution in [0.4, 0.5) is 11.4 Å². The van der Waals surface area contributed by atoms with Crippen LogP contribution in [0.15, 0.2) is 84.9 Å². The highest BCUT2D eigenvalue weighted by molar-refractivity contribution is 7.92. The SMILES string of the molecule is CCCS(=O)(=O)Nc1ccc(NC(=O)c2nc(-c3ccccc3)n(-c3ccccc3)n2)cc1. The molecule has 0 saturated heterocycles. The minimum Gasteiger partial charge on any atom is -0.319 e. The Hall–Kier alpha value is -3.98. The van der Waals surface area contributed by atoms with Gasteiger partial charge in [-0.2, -0.15) is 0 Å². The Morgan fingerprint density at radius 1 is 0.879 bits per heavy atom. The average Bonchev–Trinajstić information content (AvgIpc) is 3.27. The fourth-order valence-electron chi connectivity index (χ4n) is 3.24. The number of aromatic nitrogens is 3. The Morgan fingerprint density at radius 3 is 2.12 bits per heavy atom. The Balaban J connectivity index is 1.57. The van der Waals surface area contributed by atoms with Crippen LogP contribution < -0.4 is 10.0 Å². The van der Waals surface area contributed by atoms with E-state index >= 15 is 0 Å². The first-order chi connectivity index (χ1) is 15.9. The van der Waals surface area contributed by atoms with Crippen molar-refractivity contribution in [2.75, 3.05) is 15.8 Å². The molecule has 33 heavy (non-hydrogen) atoms. The van der Waals surface area contributed by atoms with E-state index in [1.165, 1.54) is 0 Å². The minimum absolute atomic E-state index is 0.0189. The molecule has 0 spiro atoms. The van der Waals surface area contributed by atoms with E-state index in [1.807, 2.05) is 60.7 Å². The van der Waals surface area contributed by atoms with Gasteiger partial charge in [-0.3, -0.25) is 9.52 Å². The summed E-state index contributed by atoms with van der Waals surface area (Å²) in [4.78, 5) is 17.4. The summed E-state index contributed by atoms with van der Waals surface area (Å²) in [5, 5.41) is 7.20. The third-order valence-corrected chi connectivity index (χ3v) is 6.22. The number of hydrogen-bond acceptors (Lipinski definition) is 5. The zero-order valence-electron chi connectivity index (χ0n) is 18.0. The molecule has 1 amide bonds. The van der Waals surface area contributed by atoms with Crippen LogP contribution >= 0.6 is 0 Å². The second-order valence-electron chi connectivity index (χ2n) is 7.32. The summed E-state index contributed by atoms with van der Waals surface area (Å²) in [5.74, 6) is 0.143. The molecular formula is C24H23N5O3S. The fraction of sp³-hybridized carbons (Fsp3) is 0.125. The van der Waals surface area contributed by atoms with Crippen LogP contribution in [-0.2, 0) is 10.0 Å². The van der Waals surface area contributed by atoms with E-state index in [4.69, 9.17) is 0 Å². The van der Waals surface area contributed by atoms with Crippen molar-refractivity contribution in [3.63, 3.8) is 0 Å². The summed E-state index contributed by atoms with van der Waals surface area (Å²) in [6, 6.07) is 25.4. The molecule has 2 N–H and O–H groups in total. The number of sulfonamides is 1. The molecule has 3 aromatic carbocycles. The van der Waals surface area contributed by atoms with E-state index in [9.17, 15) is 13.2 Å². The van der Waals surface area contributed by atoms with Gasteiger partial charge >= 0.3 is 0 Å². The molecule has 4 aromatic rings. The van der Waals surface area contributed by atoms with Crippen LogP contribution in [0.25, 0.3) is 17.1 Å². The minimum atomic E-state index is -3.38. The van der Waals surface area contributed by atoms with Gasteiger partial charge in [0.25, 0.3) is 5.91 Å². The van der Waals surface area contributed by atoms with Crippen LogP contribution in [0.5, 0.6) is 0 Å². The number of anilines is 2. The number of amides is 1. The number of nitrogens with zero attached hydrogens (tertiary/aromatic N) is 3. The molecule has 9 heteroatoms. The molecule has 1 heterocycles. The first-order valence-electron chi connectivity index (χ1n) is 10.4. The summed E-state index contributed by atoms with van der Waals surface area (Å²) in [7, 11) is -3.38. The molecule has 0 aliphatic rings. The third kappa shape index (κ3) is 5.45. The molecule has 168 valence electrons. The number of carbonyl (C=O) groups is 1. The van der Waals surface area contributed by atoms with Gasteiger partial charge in [0.15, 0.2) is 5.82 Å². The second kappa shape index (κ2) is 9.66. The zero-order chi connectivity index (χ0) is 23.3. The smallest absolute Gasteiger partial charge is 0.295 e. The summed E-state index contributed by atoms with van der Waals surface area (Å²) >= 11 is 0. The lowest BCUT2D eigenvalue weighted by molar-refractivity contribution is 0.101. The van der Waals surface area contributed by atoms with E-state index in [-0.39, 0.29) is 11.6 Å². The second-order valence-corrected chi connectivity index (χ2v) is 9.17. The van der Waals surface area contributed by atoms with Gasteiger partial charge in [0.1, 0.15) is 0 Å². The molecule has 0 bridgehead atoms. The molecule has 8 nitrogen and oxygen atoms in total. The van der Waals surface area contributed by atoms with Gasteiger partial charge in [-0.05, 0) is 42.8 Å². The van der Waals surface area contributed by atoms with Crippen molar-refractivity contribution in [1.82, 2.24) is 14.8 Å². The number of benzene rings is 3. The number of hydrogen-bond donors (Lipinski definition) is 2. The van der Waals surface area contributed by atoms with Crippen molar-refractivity contribution >= 4 is 27.3 Å². The monoisotopic (exact) mass is 461 g/mol. The lowest BCUT2D eigenvalue weighted by atomic mass is 10.2. The van der Waals surface area contributed by atoms with Gasteiger partial charge in [-0.15, -0.1) is 5.10 Å². The molecule has 0 aliphatic heterocycles. The number of para-hydroxylation sites is 1. The van der Waals surface area contributed by atoms with Gasteiger partial charge in [0, 0.05) is 16.9 Å². The Morgan fingerprint density at radius 2 is 1.48 bits per heavy atom. The predicted octanol–water partition coefficient (Wildman–Crippen LogP) is 4.34. The van der Waals surface area contributed by atoms with Crippen LogP contribution in [0.1, 0.15) is 24.0 Å². The van der Waals surface area contributed by atoms with E-state index in [0.29, 0.717) is 23.6 Å². The predicted molar refractivity (Wildman–Crippen MR) is 129 cm³/mol. The normalized spacial score (nSPS) is 11.2.